The monoisotopic (exact) mass is 376 g/mol. The maximum absolute atomic E-state index is 12.2. The van der Waals surface area contributed by atoms with Gasteiger partial charge in [-0.3, -0.25) is 14.9 Å². The number of hydrogen-bond acceptors (Lipinski definition) is 5. The number of benzene rings is 2. The van der Waals surface area contributed by atoms with Gasteiger partial charge in [0.15, 0.2) is 0 Å². The lowest BCUT2D eigenvalue weighted by Gasteiger charge is -2.07. The van der Waals surface area contributed by atoms with Crippen LogP contribution in [0.3, 0.4) is 0 Å². The number of carbonyl (C=O) groups excluding carboxylic acids is 1. The molecule has 0 radical (unpaired) electrons. The third-order valence-corrected chi connectivity index (χ3v) is 3.55. The molecule has 0 saturated heterocycles. The van der Waals surface area contributed by atoms with Crippen molar-refractivity contribution in [2.45, 2.75) is 0 Å². The summed E-state index contributed by atoms with van der Waals surface area (Å²) in [5.74, 6) is -0.704. The van der Waals surface area contributed by atoms with Crippen LogP contribution in [0.4, 0.5) is 17.1 Å². The third kappa shape index (κ3) is 4.94. The molecule has 0 aliphatic carbocycles. The first-order valence-corrected chi connectivity index (χ1v) is 7.54. The molecule has 7 nitrogen and oxygen atoms in total. The lowest BCUT2D eigenvalue weighted by molar-refractivity contribution is -0.384. The van der Waals surface area contributed by atoms with Crippen molar-refractivity contribution in [3.05, 3.63) is 74.4 Å². The van der Waals surface area contributed by atoms with Crippen LogP contribution in [0.2, 0.25) is 10.0 Å². The molecule has 0 spiro atoms. The highest BCUT2D eigenvalue weighted by atomic mass is 35.5. The first kappa shape index (κ1) is 18.3. The van der Waals surface area contributed by atoms with Gasteiger partial charge in [0, 0.05) is 29.0 Å². The largest absolute Gasteiger partial charge is 0.360 e. The summed E-state index contributed by atoms with van der Waals surface area (Å²) in [6, 6.07) is 11.9. The molecule has 0 unspecified atom stereocenters. The van der Waals surface area contributed by atoms with Gasteiger partial charge >= 0.3 is 0 Å². The SMILES string of the molecule is N#C/C(=C/Nc1cccc([N+](=O)[O-])c1)C(=O)Nc1cc(Cl)ccc1Cl. The number of nitrogens with one attached hydrogen (secondary N) is 2. The first-order valence-electron chi connectivity index (χ1n) is 6.78. The molecule has 0 heterocycles. The van der Waals surface area contributed by atoms with Gasteiger partial charge in [0.1, 0.15) is 11.6 Å². The molecule has 0 aromatic heterocycles. The highest BCUT2D eigenvalue weighted by Crippen LogP contribution is 2.25. The van der Waals surface area contributed by atoms with Crippen LogP contribution < -0.4 is 10.6 Å². The Morgan fingerprint density at radius 1 is 1.24 bits per heavy atom. The molecule has 9 heteroatoms. The fraction of sp³-hybridized carbons (Fsp3) is 0. The summed E-state index contributed by atoms with van der Waals surface area (Å²) >= 11 is 11.8. The molecule has 2 N–H and O–H groups in total. The van der Waals surface area contributed by atoms with Crippen LogP contribution in [0.15, 0.2) is 54.2 Å². The zero-order valence-electron chi connectivity index (χ0n) is 12.5. The van der Waals surface area contributed by atoms with Crippen molar-refractivity contribution < 1.29 is 9.72 Å². The van der Waals surface area contributed by atoms with Crippen LogP contribution in [-0.4, -0.2) is 10.8 Å². The van der Waals surface area contributed by atoms with E-state index in [9.17, 15) is 14.9 Å². The smallest absolute Gasteiger partial charge is 0.271 e. The molecule has 2 aromatic rings. The Labute approximate surface area is 152 Å². The number of anilines is 2. The quantitative estimate of drug-likeness (QED) is 0.348. The van der Waals surface area contributed by atoms with Crippen LogP contribution in [0.5, 0.6) is 0 Å². The summed E-state index contributed by atoms with van der Waals surface area (Å²) in [6.45, 7) is 0. The summed E-state index contributed by atoms with van der Waals surface area (Å²) in [7, 11) is 0. The Hall–Kier alpha value is -3.08. The number of nitro groups is 1. The van der Waals surface area contributed by atoms with E-state index in [1.54, 1.807) is 18.2 Å². The van der Waals surface area contributed by atoms with E-state index in [2.05, 4.69) is 10.6 Å². The number of carbonyl (C=O) groups is 1. The van der Waals surface area contributed by atoms with Crippen molar-refractivity contribution in [2.24, 2.45) is 0 Å². The van der Waals surface area contributed by atoms with E-state index in [4.69, 9.17) is 28.5 Å². The second-order valence-electron chi connectivity index (χ2n) is 4.70. The molecule has 0 bridgehead atoms. The van der Waals surface area contributed by atoms with Gasteiger partial charge in [-0.05, 0) is 24.3 Å². The molecule has 2 aromatic carbocycles. The fourth-order valence-electron chi connectivity index (χ4n) is 1.80. The third-order valence-electron chi connectivity index (χ3n) is 2.98. The Bertz CT molecular complexity index is 906. The number of nitriles is 1. The number of amides is 1. The minimum absolute atomic E-state index is 0.118. The molecule has 0 aliphatic heterocycles. The van der Waals surface area contributed by atoms with Gasteiger partial charge in [-0.2, -0.15) is 5.26 Å². The predicted octanol–water partition coefficient (Wildman–Crippen LogP) is 4.36. The van der Waals surface area contributed by atoms with Crippen molar-refractivity contribution in [1.29, 1.82) is 5.26 Å². The molecule has 0 fully saturated rings. The normalized spacial score (nSPS) is 10.7. The van der Waals surface area contributed by atoms with Gasteiger partial charge < -0.3 is 10.6 Å². The first-order chi connectivity index (χ1) is 11.9. The molecule has 0 aliphatic rings. The molecule has 126 valence electrons. The average molecular weight is 377 g/mol. The number of halogens is 2. The number of rotatable bonds is 5. The predicted molar refractivity (Wildman–Crippen MR) is 95.5 cm³/mol. The molecule has 2 rings (SSSR count). The van der Waals surface area contributed by atoms with Crippen LogP contribution in [-0.2, 0) is 4.79 Å². The second-order valence-corrected chi connectivity index (χ2v) is 5.54. The van der Waals surface area contributed by atoms with Gasteiger partial charge in [0.05, 0.1) is 15.6 Å². The van der Waals surface area contributed by atoms with Crippen molar-refractivity contribution in [3.8, 4) is 6.07 Å². The fourth-order valence-corrected chi connectivity index (χ4v) is 2.13. The van der Waals surface area contributed by atoms with E-state index in [-0.39, 0.29) is 22.0 Å². The zero-order valence-corrected chi connectivity index (χ0v) is 14.0. The van der Waals surface area contributed by atoms with Crippen LogP contribution >= 0.6 is 23.2 Å². The standard InChI is InChI=1S/C16H10Cl2N4O3/c17-11-4-5-14(18)15(6-11)21-16(23)10(8-19)9-20-12-2-1-3-13(7-12)22(24)25/h1-7,9,20H,(H,21,23)/b10-9-. The molecular formula is C16H10Cl2N4O3. The second kappa shape index (κ2) is 8.15. The van der Waals surface area contributed by atoms with Gasteiger partial charge in [-0.25, -0.2) is 0 Å². The van der Waals surface area contributed by atoms with Crippen LogP contribution in [0.25, 0.3) is 0 Å². The van der Waals surface area contributed by atoms with Crippen molar-refractivity contribution in [1.82, 2.24) is 0 Å². The summed E-state index contributed by atoms with van der Waals surface area (Å²) in [5.41, 5.74) is 0.251. The Balaban J connectivity index is 2.15. The highest BCUT2D eigenvalue weighted by Gasteiger charge is 2.12. The van der Waals surface area contributed by atoms with E-state index in [1.165, 1.54) is 30.3 Å². The van der Waals surface area contributed by atoms with Crippen molar-refractivity contribution in [3.63, 3.8) is 0 Å². The van der Waals surface area contributed by atoms with E-state index in [1.807, 2.05) is 0 Å². The molecule has 25 heavy (non-hydrogen) atoms. The van der Waals surface area contributed by atoms with E-state index in [0.29, 0.717) is 10.7 Å². The van der Waals surface area contributed by atoms with Crippen LogP contribution in [0, 0.1) is 21.4 Å². The summed E-state index contributed by atoms with van der Waals surface area (Å²) in [5, 5.41) is 25.7. The Morgan fingerprint density at radius 2 is 2.00 bits per heavy atom. The van der Waals surface area contributed by atoms with E-state index in [0.717, 1.165) is 6.20 Å². The molecular weight excluding hydrogens is 367 g/mol. The summed E-state index contributed by atoms with van der Waals surface area (Å²) < 4.78 is 0. The molecule has 0 saturated carbocycles. The summed E-state index contributed by atoms with van der Waals surface area (Å²) in [6.07, 6.45) is 1.15. The number of hydrogen-bond donors (Lipinski definition) is 2. The molecule has 1 amide bonds. The van der Waals surface area contributed by atoms with Crippen molar-refractivity contribution in [2.75, 3.05) is 10.6 Å². The minimum Gasteiger partial charge on any atom is -0.360 e. The Kier molecular flexibility index (Phi) is 5.95. The van der Waals surface area contributed by atoms with Crippen LogP contribution in [0.1, 0.15) is 0 Å². The Morgan fingerprint density at radius 3 is 2.68 bits per heavy atom. The van der Waals surface area contributed by atoms with Gasteiger partial charge in [0.25, 0.3) is 11.6 Å². The van der Waals surface area contributed by atoms with Gasteiger partial charge in [0.2, 0.25) is 0 Å². The van der Waals surface area contributed by atoms with E-state index >= 15 is 0 Å². The topological polar surface area (TPSA) is 108 Å². The van der Waals surface area contributed by atoms with Gasteiger partial charge in [-0.1, -0.05) is 29.3 Å². The lowest BCUT2D eigenvalue weighted by atomic mass is 10.2. The van der Waals surface area contributed by atoms with Gasteiger partial charge in [-0.15, -0.1) is 0 Å². The minimum atomic E-state index is -0.704. The zero-order chi connectivity index (χ0) is 18.4. The van der Waals surface area contributed by atoms with Crippen molar-refractivity contribution >= 4 is 46.2 Å². The maximum atomic E-state index is 12.2. The highest BCUT2D eigenvalue weighted by molar-refractivity contribution is 6.35. The summed E-state index contributed by atoms with van der Waals surface area (Å²) in [4.78, 5) is 22.3. The lowest BCUT2D eigenvalue weighted by Crippen LogP contribution is -2.14. The average Bonchev–Trinajstić information content (AvgIpc) is 2.59. The molecule has 0 atom stereocenters. The maximum Gasteiger partial charge on any atom is 0.271 e. The number of non-ortho nitro benzene ring substituents is 1. The van der Waals surface area contributed by atoms with E-state index < -0.39 is 10.8 Å². The number of nitro benzene ring substituents is 1. The number of nitrogens with zero attached hydrogens (tertiary/aromatic N) is 2.